The SMILES string of the molecule is O=C(c1ccc(Cl)nn1)N1CCn2cnnc2C1. The zero-order valence-corrected chi connectivity index (χ0v) is 10.1. The standard InChI is InChI=1S/C10H9ClN6O/c11-8-2-1-7(13-14-8)10(18)16-3-4-17-6-12-15-9(17)5-16/h1-2,6H,3-5H2. The number of hydrogen-bond donors (Lipinski definition) is 0. The second-order valence-electron chi connectivity index (χ2n) is 3.91. The van der Waals surface area contributed by atoms with Gasteiger partial charge in [-0.3, -0.25) is 4.79 Å². The Kier molecular flexibility index (Phi) is 2.67. The highest BCUT2D eigenvalue weighted by Crippen LogP contribution is 2.12. The van der Waals surface area contributed by atoms with E-state index in [1.165, 1.54) is 0 Å². The third-order valence-corrected chi connectivity index (χ3v) is 2.98. The Labute approximate surface area is 107 Å². The molecule has 0 N–H and O–H groups in total. The first-order chi connectivity index (χ1) is 8.74. The maximum absolute atomic E-state index is 12.2. The van der Waals surface area contributed by atoms with Gasteiger partial charge in [0.2, 0.25) is 0 Å². The Morgan fingerprint density at radius 1 is 1.22 bits per heavy atom. The smallest absolute Gasteiger partial charge is 0.274 e. The van der Waals surface area contributed by atoms with Crippen molar-refractivity contribution in [2.45, 2.75) is 13.1 Å². The van der Waals surface area contributed by atoms with Crippen molar-refractivity contribution in [1.29, 1.82) is 0 Å². The molecule has 0 saturated heterocycles. The molecule has 7 nitrogen and oxygen atoms in total. The molecule has 8 heteroatoms. The molecule has 0 saturated carbocycles. The number of hydrogen-bond acceptors (Lipinski definition) is 5. The molecule has 2 aromatic rings. The molecule has 0 radical (unpaired) electrons. The van der Waals surface area contributed by atoms with Gasteiger partial charge >= 0.3 is 0 Å². The number of amides is 1. The van der Waals surface area contributed by atoms with Crippen LogP contribution >= 0.6 is 11.6 Å². The van der Waals surface area contributed by atoms with Crippen molar-refractivity contribution in [2.75, 3.05) is 6.54 Å². The summed E-state index contributed by atoms with van der Waals surface area (Å²) < 4.78 is 1.93. The third-order valence-electron chi connectivity index (χ3n) is 2.78. The van der Waals surface area contributed by atoms with Gasteiger partial charge in [-0.1, -0.05) is 11.6 Å². The molecular formula is C10H9ClN6O. The zero-order chi connectivity index (χ0) is 12.5. The van der Waals surface area contributed by atoms with Gasteiger partial charge in [0, 0.05) is 13.1 Å². The Balaban J connectivity index is 1.80. The number of aromatic nitrogens is 5. The fourth-order valence-electron chi connectivity index (χ4n) is 1.83. The van der Waals surface area contributed by atoms with Gasteiger partial charge in [-0.25, -0.2) is 0 Å². The summed E-state index contributed by atoms with van der Waals surface area (Å²) in [5, 5.41) is 15.5. The van der Waals surface area contributed by atoms with Gasteiger partial charge < -0.3 is 9.47 Å². The molecule has 0 atom stereocenters. The summed E-state index contributed by atoms with van der Waals surface area (Å²) in [6, 6.07) is 3.12. The Hall–Kier alpha value is -2.02. The van der Waals surface area contributed by atoms with Crippen molar-refractivity contribution in [3.63, 3.8) is 0 Å². The molecule has 0 spiro atoms. The highest BCUT2D eigenvalue weighted by Gasteiger charge is 2.23. The average molecular weight is 265 g/mol. The van der Waals surface area contributed by atoms with E-state index < -0.39 is 0 Å². The largest absolute Gasteiger partial charge is 0.328 e. The van der Waals surface area contributed by atoms with Gasteiger partial charge in [0.15, 0.2) is 16.7 Å². The van der Waals surface area contributed by atoms with Crippen molar-refractivity contribution < 1.29 is 4.79 Å². The van der Waals surface area contributed by atoms with Gasteiger partial charge in [-0.2, -0.15) is 0 Å². The minimum Gasteiger partial charge on any atom is -0.328 e. The lowest BCUT2D eigenvalue weighted by Gasteiger charge is -2.26. The van der Waals surface area contributed by atoms with Gasteiger partial charge in [-0.15, -0.1) is 20.4 Å². The van der Waals surface area contributed by atoms with Crippen LogP contribution < -0.4 is 0 Å². The first kappa shape index (κ1) is 11.1. The lowest BCUT2D eigenvalue weighted by molar-refractivity contribution is 0.0700. The van der Waals surface area contributed by atoms with Crippen molar-refractivity contribution in [3.05, 3.63) is 35.1 Å². The van der Waals surface area contributed by atoms with Crippen LogP contribution in [0, 0.1) is 0 Å². The molecule has 0 aromatic carbocycles. The highest BCUT2D eigenvalue weighted by molar-refractivity contribution is 6.29. The fraction of sp³-hybridized carbons (Fsp3) is 0.300. The predicted octanol–water partition coefficient (Wildman–Crippen LogP) is 0.377. The minimum atomic E-state index is -0.173. The minimum absolute atomic E-state index is 0.173. The lowest BCUT2D eigenvalue weighted by Crippen LogP contribution is -2.38. The molecule has 18 heavy (non-hydrogen) atoms. The molecule has 0 unspecified atom stereocenters. The predicted molar refractivity (Wildman–Crippen MR) is 61.8 cm³/mol. The van der Waals surface area contributed by atoms with E-state index in [1.54, 1.807) is 23.4 Å². The summed E-state index contributed by atoms with van der Waals surface area (Å²) in [5.74, 6) is 0.602. The quantitative estimate of drug-likeness (QED) is 0.744. The van der Waals surface area contributed by atoms with Crippen LogP contribution in [0.25, 0.3) is 0 Å². The Morgan fingerprint density at radius 3 is 2.89 bits per heavy atom. The van der Waals surface area contributed by atoms with Gasteiger partial charge in [0.25, 0.3) is 5.91 Å². The summed E-state index contributed by atoms with van der Waals surface area (Å²) in [4.78, 5) is 13.8. The number of halogens is 1. The highest BCUT2D eigenvalue weighted by atomic mass is 35.5. The van der Waals surface area contributed by atoms with Crippen molar-refractivity contribution in [3.8, 4) is 0 Å². The third kappa shape index (κ3) is 1.92. The van der Waals surface area contributed by atoms with Gasteiger partial charge in [0.1, 0.15) is 6.33 Å². The summed E-state index contributed by atoms with van der Waals surface area (Å²) >= 11 is 5.63. The number of nitrogens with zero attached hydrogens (tertiary/aromatic N) is 6. The maximum Gasteiger partial charge on any atom is 0.274 e. The monoisotopic (exact) mass is 264 g/mol. The van der Waals surface area contributed by atoms with E-state index in [-0.39, 0.29) is 16.8 Å². The number of rotatable bonds is 1. The van der Waals surface area contributed by atoms with Crippen LogP contribution in [0.1, 0.15) is 16.3 Å². The summed E-state index contributed by atoms with van der Waals surface area (Å²) in [7, 11) is 0. The number of carbonyl (C=O) groups excluding carboxylic acids is 1. The van der Waals surface area contributed by atoms with Crippen molar-refractivity contribution in [2.24, 2.45) is 0 Å². The average Bonchev–Trinajstić information content (AvgIpc) is 2.86. The van der Waals surface area contributed by atoms with E-state index in [9.17, 15) is 4.79 Å². The van der Waals surface area contributed by atoms with Crippen LogP contribution in [-0.2, 0) is 13.1 Å². The number of carbonyl (C=O) groups is 1. The van der Waals surface area contributed by atoms with Crippen molar-refractivity contribution >= 4 is 17.5 Å². The molecule has 0 bridgehead atoms. The normalized spacial score (nSPS) is 14.4. The van der Waals surface area contributed by atoms with E-state index >= 15 is 0 Å². The van der Waals surface area contributed by atoms with Crippen LogP contribution in [-0.4, -0.2) is 42.3 Å². The molecule has 3 rings (SSSR count). The zero-order valence-electron chi connectivity index (χ0n) is 9.32. The van der Waals surface area contributed by atoms with E-state index in [2.05, 4.69) is 20.4 Å². The molecule has 1 aliphatic heterocycles. The fourth-order valence-corrected chi connectivity index (χ4v) is 1.93. The van der Waals surface area contributed by atoms with E-state index in [1.807, 2.05) is 4.57 Å². The summed E-state index contributed by atoms with van der Waals surface area (Å²) in [5.41, 5.74) is 0.285. The first-order valence-electron chi connectivity index (χ1n) is 5.39. The molecular weight excluding hydrogens is 256 g/mol. The van der Waals surface area contributed by atoms with Gasteiger partial charge in [0.05, 0.1) is 6.54 Å². The van der Waals surface area contributed by atoms with E-state index in [0.29, 0.717) is 19.6 Å². The number of fused-ring (bicyclic) bond motifs is 1. The molecule has 3 heterocycles. The summed E-state index contributed by atoms with van der Waals surface area (Å²) in [6.45, 7) is 1.73. The van der Waals surface area contributed by atoms with E-state index in [0.717, 1.165) is 5.82 Å². The molecule has 1 amide bonds. The maximum atomic E-state index is 12.2. The van der Waals surface area contributed by atoms with E-state index in [4.69, 9.17) is 11.6 Å². The first-order valence-corrected chi connectivity index (χ1v) is 5.77. The van der Waals surface area contributed by atoms with Crippen LogP contribution in [0.4, 0.5) is 0 Å². The van der Waals surface area contributed by atoms with Crippen LogP contribution in [0.2, 0.25) is 5.15 Å². The van der Waals surface area contributed by atoms with Gasteiger partial charge in [-0.05, 0) is 12.1 Å². The molecule has 92 valence electrons. The summed E-state index contributed by atoms with van der Waals surface area (Å²) in [6.07, 6.45) is 1.67. The molecule has 0 aliphatic carbocycles. The molecule has 2 aromatic heterocycles. The molecule has 1 aliphatic rings. The second-order valence-corrected chi connectivity index (χ2v) is 4.30. The second kappa shape index (κ2) is 4.34. The Morgan fingerprint density at radius 2 is 2.11 bits per heavy atom. The molecule has 0 fully saturated rings. The van der Waals surface area contributed by atoms with Crippen LogP contribution in [0.5, 0.6) is 0 Å². The Bertz CT molecular complexity index is 580. The lowest BCUT2D eigenvalue weighted by atomic mass is 10.3. The van der Waals surface area contributed by atoms with Crippen LogP contribution in [0.3, 0.4) is 0 Å². The topological polar surface area (TPSA) is 76.8 Å². The van der Waals surface area contributed by atoms with Crippen molar-refractivity contribution in [1.82, 2.24) is 29.9 Å². The van der Waals surface area contributed by atoms with Crippen LogP contribution in [0.15, 0.2) is 18.5 Å².